The smallest absolute Gasteiger partial charge is 0.231 e. The molecule has 0 amide bonds. The van der Waals surface area contributed by atoms with Crippen LogP contribution in [0.25, 0.3) is 11.3 Å². The van der Waals surface area contributed by atoms with Crippen molar-refractivity contribution in [3.8, 4) is 22.8 Å². The summed E-state index contributed by atoms with van der Waals surface area (Å²) in [4.78, 5) is 7.85. The average Bonchev–Trinajstić information content (AvgIpc) is 2.96. The Balaban J connectivity index is 1.98. The lowest BCUT2D eigenvalue weighted by molar-refractivity contribution is 0.174. The molecule has 0 saturated heterocycles. The number of hydrogen-bond acceptors (Lipinski definition) is 3. The summed E-state index contributed by atoms with van der Waals surface area (Å²) in [6.07, 6.45) is 1.93. The van der Waals surface area contributed by atoms with Gasteiger partial charge in [0.2, 0.25) is 6.79 Å². The van der Waals surface area contributed by atoms with Gasteiger partial charge in [0.05, 0.1) is 5.69 Å². The fourth-order valence-electron chi connectivity index (χ4n) is 1.91. The normalized spacial score (nSPS) is 13.9. The van der Waals surface area contributed by atoms with E-state index < -0.39 is 0 Å². The summed E-state index contributed by atoms with van der Waals surface area (Å²) in [5, 5.41) is 0. The van der Waals surface area contributed by atoms with Gasteiger partial charge in [-0.15, -0.1) is 0 Å². The molecule has 0 fully saturated rings. The van der Waals surface area contributed by atoms with Crippen LogP contribution in [0, 0.1) is 0 Å². The molecular weight excluding hydrogens is 228 g/mol. The molecule has 18 heavy (non-hydrogen) atoms. The van der Waals surface area contributed by atoms with Crippen LogP contribution in [-0.4, -0.2) is 16.8 Å². The molecule has 0 aliphatic carbocycles. The van der Waals surface area contributed by atoms with Crippen molar-refractivity contribution in [2.45, 2.75) is 26.2 Å². The van der Waals surface area contributed by atoms with Crippen molar-refractivity contribution < 1.29 is 9.47 Å². The molecule has 2 heterocycles. The Morgan fingerprint density at radius 1 is 1.17 bits per heavy atom. The van der Waals surface area contributed by atoms with Crippen LogP contribution in [0.2, 0.25) is 0 Å². The van der Waals surface area contributed by atoms with Crippen LogP contribution in [0.5, 0.6) is 11.5 Å². The van der Waals surface area contributed by atoms with Gasteiger partial charge in [0.1, 0.15) is 5.82 Å². The zero-order valence-corrected chi connectivity index (χ0v) is 10.8. The summed E-state index contributed by atoms with van der Waals surface area (Å²) in [6.45, 7) is 6.70. The first-order chi connectivity index (χ1) is 8.54. The van der Waals surface area contributed by atoms with Gasteiger partial charge in [0.25, 0.3) is 0 Å². The van der Waals surface area contributed by atoms with Crippen molar-refractivity contribution >= 4 is 0 Å². The minimum absolute atomic E-state index is 0.0224. The number of imidazole rings is 1. The molecule has 1 aromatic carbocycles. The highest BCUT2D eigenvalue weighted by molar-refractivity contribution is 5.64. The molecule has 0 saturated carbocycles. The Labute approximate surface area is 106 Å². The zero-order chi connectivity index (χ0) is 12.8. The molecule has 3 rings (SSSR count). The standard InChI is InChI=1S/C14H16N2O2/c1-14(2,3)13-15-7-10(16-13)9-4-5-11-12(6-9)18-8-17-11/h4-7H,8H2,1-3H3,(H,15,16). The summed E-state index contributed by atoms with van der Waals surface area (Å²) in [6, 6.07) is 5.88. The number of H-pyrrole nitrogens is 1. The monoisotopic (exact) mass is 244 g/mol. The summed E-state index contributed by atoms with van der Waals surface area (Å²) in [5.41, 5.74) is 1.98. The molecule has 94 valence electrons. The number of nitrogens with one attached hydrogen (secondary N) is 1. The summed E-state index contributed by atoms with van der Waals surface area (Å²) in [7, 11) is 0. The maximum Gasteiger partial charge on any atom is 0.231 e. The zero-order valence-electron chi connectivity index (χ0n) is 10.8. The van der Waals surface area contributed by atoms with Gasteiger partial charge in [0, 0.05) is 17.2 Å². The summed E-state index contributed by atoms with van der Waals surface area (Å²) >= 11 is 0. The highest BCUT2D eigenvalue weighted by Gasteiger charge is 2.19. The van der Waals surface area contributed by atoms with Crippen LogP contribution in [0.1, 0.15) is 26.6 Å². The molecule has 2 aromatic rings. The van der Waals surface area contributed by atoms with Crippen LogP contribution >= 0.6 is 0 Å². The molecule has 0 spiro atoms. The minimum atomic E-state index is 0.0224. The van der Waals surface area contributed by atoms with E-state index in [9.17, 15) is 0 Å². The molecule has 0 bridgehead atoms. The van der Waals surface area contributed by atoms with Crippen molar-refractivity contribution in [2.75, 3.05) is 6.79 Å². The van der Waals surface area contributed by atoms with E-state index >= 15 is 0 Å². The van der Waals surface area contributed by atoms with Gasteiger partial charge in [-0.2, -0.15) is 0 Å². The van der Waals surface area contributed by atoms with Crippen molar-refractivity contribution in [3.05, 3.63) is 30.2 Å². The Morgan fingerprint density at radius 3 is 2.67 bits per heavy atom. The maximum absolute atomic E-state index is 5.37. The Kier molecular flexibility index (Phi) is 2.33. The second-order valence-corrected chi connectivity index (χ2v) is 5.45. The highest BCUT2D eigenvalue weighted by atomic mass is 16.7. The molecule has 1 aliphatic rings. The van der Waals surface area contributed by atoms with E-state index in [-0.39, 0.29) is 5.41 Å². The lowest BCUT2D eigenvalue weighted by atomic mass is 9.96. The first-order valence-corrected chi connectivity index (χ1v) is 6.00. The van der Waals surface area contributed by atoms with Crippen LogP contribution < -0.4 is 9.47 Å². The molecule has 0 atom stereocenters. The van der Waals surface area contributed by atoms with Crippen molar-refractivity contribution in [1.82, 2.24) is 9.97 Å². The Bertz CT molecular complexity index is 582. The number of hydrogen-bond donors (Lipinski definition) is 1. The SMILES string of the molecule is CC(C)(C)c1nc(-c2ccc3c(c2)OCO3)c[nH]1. The van der Waals surface area contributed by atoms with Gasteiger partial charge in [-0.05, 0) is 18.2 Å². The second kappa shape index (κ2) is 3.77. The lowest BCUT2D eigenvalue weighted by Gasteiger charge is -2.13. The number of nitrogens with zero attached hydrogens (tertiary/aromatic N) is 1. The number of ether oxygens (including phenoxy) is 2. The largest absolute Gasteiger partial charge is 0.454 e. The molecule has 0 unspecified atom stereocenters. The van der Waals surface area contributed by atoms with Gasteiger partial charge < -0.3 is 14.5 Å². The van der Waals surface area contributed by atoms with Crippen molar-refractivity contribution in [1.29, 1.82) is 0 Å². The van der Waals surface area contributed by atoms with Crippen LogP contribution in [0.3, 0.4) is 0 Å². The van der Waals surface area contributed by atoms with E-state index in [0.717, 1.165) is 28.6 Å². The Hall–Kier alpha value is -1.97. The molecule has 4 nitrogen and oxygen atoms in total. The van der Waals surface area contributed by atoms with Crippen LogP contribution in [-0.2, 0) is 5.41 Å². The predicted octanol–water partition coefficient (Wildman–Crippen LogP) is 3.10. The van der Waals surface area contributed by atoms with Gasteiger partial charge >= 0.3 is 0 Å². The molecule has 1 N–H and O–H groups in total. The van der Waals surface area contributed by atoms with Gasteiger partial charge in [-0.25, -0.2) is 4.98 Å². The van der Waals surface area contributed by atoms with Gasteiger partial charge in [-0.1, -0.05) is 20.8 Å². The lowest BCUT2D eigenvalue weighted by Crippen LogP contribution is -2.13. The maximum atomic E-state index is 5.37. The van der Waals surface area contributed by atoms with E-state index in [1.807, 2.05) is 24.4 Å². The topological polar surface area (TPSA) is 47.1 Å². The minimum Gasteiger partial charge on any atom is -0.454 e. The Morgan fingerprint density at radius 2 is 1.94 bits per heavy atom. The van der Waals surface area contributed by atoms with E-state index in [1.54, 1.807) is 0 Å². The van der Waals surface area contributed by atoms with Crippen molar-refractivity contribution in [3.63, 3.8) is 0 Å². The first kappa shape index (κ1) is 11.1. The third kappa shape index (κ3) is 1.83. The van der Waals surface area contributed by atoms with E-state index in [2.05, 4.69) is 30.7 Å². The highest BCUT2D eigenvalue weighted by Crippen LogP contribution is 2.35. The number of aromatic amines is 1. The summed E-state index contributed by atoms with van der Waals surface area (Å²) < 4.78 is 10.7. The van der Waals surface area contributed by atoms with E-state index in [1.165, 1.54) is 0 Å². The molecule has 1 aliphatic heterocycles. The van der Waals surface area contributed by atoms with Crippen molar-refractivity contribution in [2.24, 2.45) is 0 Å². The van der Waals surface area contributed by atoms with Gasteiger partial charge in [0.15, 0.2) is 11.5 Å². The molecule has 1 aromatic heterocycles. The third-order valence-corrected chi connectivity index (χ3v) is 2.96. The van der Waals surface area contributed by atoms with Crippen LogP contribution in [0.4, 0.5) is 0 Å². The fourth-order valence-corrected chi connectivity index (χ4v) is 1.91. The number of rotatable bonds is 1. The summed E-state index contributed by atoms with van der Waals surface area (Å²) in [5.74, 6) is 2.56. The number of fused-ring (bicyclic) bond motifs is 1. The molecule has 4 heteroatoms. The fraction of sp³-hybridized carbons (Fsp3) is 0.357. The average molecular weight is 244 g/mol. The van der Waals surface area contributed by atoms with Gasteiger partial charge in [-0.3, -0.25) is 0 Å². The molecular formula is C14H16N2O2. The predicted molar refractivity (Wildman–Crippen MR) is 68.8 cm³/mol. The van der Waals surface area contributed by atoms with E-state index in [4.69, 9.17) is 9.47 Å². The van der Waals surface area contributed by atoms with Crippen LogP contribution in [0.15, 0.2) is 24.4 Å². The number of aromatic nitrogens is 2. The quantitative estimate of drug-likeness (QED) is 0.838. The molecule has 0 radical (unpaired) electrons. The first-order valence-electron chi connectivity index (χ1n) is 6.00. The third-order valence-electron chi connectivity index (χ3n) is 2.96. The van der Waals surface area contributed by atoms with E-state index in [0.29, 0.717) is 6.79 Å². The second-order valence-electron chi connectivity index (χ2n) is 5.45. The number of benzene rings is 1.